The molecule has 0 fully saturated rings. The van der Waals surface area contributed by atoms with Crippen LogP contribution in [0.15, 0.2) is 72.4 Å². The molecule has 42 heavy (non-hydrogen) atoms. The van der Waals surface area contributed by atoms with Crippen LogP contribution < -0.4 is 15.4 Å². The Morgan fingerprint density at radius 3 is 2.74 bits per heavy atom. The van der Waals surface area contributed by atoms with Crippen molar-refractivity contribution in [1.29, 1.82) is 0 Å². The number of ether oxygens (including phenoxy) is 1. The molecular formula is C30H29ClFN5O3S2. The zero-order chi connectivity index (χ0) is 29.5. The Bertz CT molecular complexity index is 1800. The molecule has 0 aliphatic heterocycles. The molecule has 12 heteroatoms. The lowest BCUT2D eigenvalue weighted by Gasteiger charge is -2.12. The van der Waals surface area contributed by atoms with Crippen molar-refractivity contribution < 1.29 is 17.5 Å². The number of nitrogens with one attached hydrogen (secondary N) is 2. The van der Waals surface area contributed by atoms with Crippen LogP contribution in [-0.2, 0) is 22.9 Å². The lowest BCUT2D eigenvalue weighted by molar-refractivity contribution is 0.306. The molecule has 2 N–H and O–H groups in total. The van der Waals surface area contributed by atoms with Crippen molar-refractivity contribution in [3.8, 4) is 17.0 Å². The number of rotatable bonds is 13. The van der Waals surface area contributed by atoms with E-state index in [1.165, 1.54) is 24.7 Å². The Balaban J connectivity index is 1.24. The number of sulfone groups is 1. The number of halogens is 2. The zero-order valence-electron chi connectivity index (χ0n) is 22.8. The van der Waals surface area contributed by atoms with Crippen LogP contribution in [0.1, 0.15) is 17.0 Å². The number of hydrogen-bond acceptors (Lipinski definition) is 9. The highest BCUT2D eigenvalue weighted by Crippen LogP contribution is 2.32. The van der Waals surface area contributed by atoms with Gasteiger partial charge >= 0.3 is 0 Å². The highest BCUT2D eigenvalue weighted by atomic mass is 35.5. The molecular weight excluding hydrogens is 597 g/mol. The standard InChI is InChI=1S/C30H29ClFN5O3S2/c1-42(38,39)13-12-33-11-3-6-29-37-27(18-41-29)21-7-9-26-24(15-21)30(35-19-34-26)36-23-8-10-28(25(31)16-23)40-17-20-4-2-5-22(32)14-20/h2,4-5,7-10,14-16,18-19,33H,3,6,11-13,17H2,1H3,(H,34,35,36). The van der Waals surface area contributed by atoms with Crippen molar-refractivity contribution in [2.24, 2.45) is 0 Å². The molecule has 5 aromatic rings. The summed E-state index contributed by atoms with van der Waals surface area (Å²) in [5.41, 5.74) is 4.05. The van der Waals surface area contributed by atoms with Gasteiger partial charge < -0.3 is 15.4 Å². The second kappa shape index (κ2) is 13.6. The third kappa shape index (κ3) is 8.22. The van der Waals surface area contributed by atoms with E-state index < -0.39 is 9.84 Å². The van der Waals surface area contributed by atoms with Crippen LogP contribution in [0.2, 0.25) is 5.02 Å². The minimum atomic E-state index is -2.95. The molecule has 0 atom stereocenters. The van der Waals surface area contributed by atoms with Crippen molar-refractivity contribution >= 4 is 55.2 Å². The lowest BCUT2D eigenvalue weighted by atomic mass is 10.1. The van der Waals surface area contributed by atoms with Gasteiger partial charge in [-0.05, 0) is 61.0 Å². The van der Waals surface area contributed by atoms with Gasteiger partial charge in [-0.1, -0.05) is 29.8 Å². The van der Waals surface area contributed by atoms with E-state index in [0.29, 0.717) is 28.7 Å². The highest BCUT2D eigenvalue weighted by Gasteiger charge is 2.11. The van der Waals surface area contributed by atoms with Gasteiger partial charge in [0.1, 0.15) is 40.2 Å². The molecule has 0 radical (unpaired) electrons. The first-order chi connectivity index (χ1) is 20.2. The van der Waals surface area contributed by atoms with Crippen LogP contribution >= 0.6 is 22.9 Å². The maximum Gasteiger partial charge on any atom is 0.148 e. The van der Waals surface area contributed by atoms with Gasteiger partial charge in [-0.15, -0.1) is 11.3 Å². The average molecular weight is 626 g/mol. The molecule has 0 amide bonds. The van der Waals surface area contributed by atoms with Crippen molar-refractivity contribution in [3.05, 3.63) is 93.8 Å². The molecule has 0 saturated carbocycles. The van der Waals surface area contributed by atoms with Gasteiger partial charge in [-0.25, -0.2) is 27.8 Å². The fourth-order valence-electron chi connectivity index (χ4n) is 4.24. The van der Waals surface area contributed by atoms with E-state index in [4.69, 9.17) is 21.3 Å². The van der Waals surface area contributed by atoms with Gasteiger partial charge in [0.15, 0.2) is 0 Å². The number of nitrogens with zero attached hydrogens (tertiary/aromatic N) is 3. The monoisotopic (exact) mass is 625 g/mol. The molecule has 0 unspecified atom stereocenters. The predicted molar refractivity (Wildman–Crippen MR) is 167 cm³/mol. The summed E-state index contributed by atoms with van der Waals surface area (Å²) in [6.45, 7) is 1.39. The second-order valence-electron chi connectivity index (χ2n) is 9.75. The van der Waals surface area contributed by atoms with E-state index in [2.05, 4.69) is 20.6 Å². The molecule has 0 bridgehead atoms. The number of hydrogen-bond donors (Lipinski definition) is 2. The Labute approximate surface area is 252 Å². The molecule has 218 valence electrons. The number of fused-ring (bicyclic) bond motifs is 1. The minimum Gasteiger partial charge on any atom is -0.487 e. The van der Waals surface area contributed by atoms with E-state index in [-0.39, 0.29) is 18.2 Å². The van der Waals surface area contributed by atoms with Gasteiger partial charge in [0.25, 0.3) is 0 Å². The van der Waals surface area contributed by atoms with E-state index in [1.807, 2.05) is 29.6 Å². The maximum absolute atomic E-state index is 13.5. The number of benzene rings is 3. The summed E-state index contributed by atoms with van der Waals surface area (Å²) < 4.78 is 41.7. The van der Waals surface area contributed by atoms with Gasteiger partial charge in [-0.2, -0.15) is 0 Å². The van der Waals surface area contributed by atoms with Crippen LogP contribution in [-0.4, -0.2) is 48.5 Å². The molecule has 5 rings (SSSR count). The fraction of sp³-hybridized carbons (Fsp3) is 0.233. The van der Waals surface area contributed by atoms with Crippen molar-refractivity contribution in [2.75, 3.05) is 30.4 Å². The largest absolute Gasteiger partial charge is 0.487 e. The first-order valence-electron chi connectivity index (χ1n) is 13.3. The van der Waals surface area contributed by atoms with E-state index in [9.17, 15) is 12.8 Å². The highest BCUT2D eigenvalue weighted by molar-refractivity contribution is 7.90. The van der Waals surface area contributed by atoms with Crippen molar-refractivity contribution in [1.82, 2.24) is 20.3 Å². The van der Waals surface area contributed by atoms with Crippen molar-refractivity contribution in [3.63, 3.8) is 0 Å². The molecule has 8 nitrogen and oxygen atoms in total. The number of aromatic nitrogens is 3. The first-order valence-corrected chi connectivity index (χ1v) is 16.6. The maximum atomic E-state index is 13.5. The van der Waals surface area contributed by atoms with Gasteiger partial charge in [0, 0.05) is 41.2 Å². The molecule has 2 aromatic heterocycles. The SMILES string of the molecule is CS(=O)(=O)CCNCCCc1nc(-c2ccc3ncnc(Nc4ccc(OCc5cccc(F)c5)c(Cl)c4)c3c2)cs1. The van der Waals surface area contributed by atoms with E-state index in [1.54, 1.807) is 35.6 Å². The smallest absolute Gasteiger partial charge is 0.148 e. The van der Waals surface area contributed by atoms with Gasteiger partial charge in [0.2, 0.25) is 0 Å². The Morgan fingerprint density at radius 2 is 1.93 bits per heavy atom. The summed E-state index contributed by atoms with van der Waals surface area (Å²) in [6, 6.07) is 17.5. The van der Waals surface area contributed by atoms with Crippen LogP contribution in [0.5, 0.6) is 5.75 Å². The summed E-state index contributed by atoms with van der Waals surface area (Å²) in [5.74, 6) is 0.944. The van der Waals surface area contributed by atoms with Crippen LogP contribution in [0.4, 0.5) is 15.9 Å². The second-order valence-corrected chi connectivity index (χ2v) is 13.4. The quantitative estimate of drug-likeness (QED) is 0.144. The summed E-state index contributed by atoms with van der Waals surface area (Å²) in [6.07, 6.45) is 4.43. The van der Waals surface area contributed by atoms with Crippen molar-refractivity contribution in [2.45, 2.75) is 19.4 Å². The molecule has 2 heterocycles. The van der Waals surface area contributed by atoms with E-state index in [0.717, 1.165) is 52.2 Å². The molecule has 0 aliphatic carbocycles. The third-order valence-electron chi connectivity index (χ3n) is 6.35. The molecule has 3 aromatic carbocycles. The average Bonchev–Trinajstić information content (AvgIpc) is 3.43. The van der Waals surface area contributed by atoms with Crippen LogP contribution in [0.3, 0.4) is 0 Å². The fourth-order valence-corrected chi connectivity index (χ4v) is 5.84. The Morgan fingerprint density at radius 1 is 1.05 bits per heavy atom. The summed E-state index contributed by atoms with van der Waals surface area (Å²) in [7, 11) is -2.95. The van der Waals surface area contributed by atoms with Crippen LogP contribution in [0, 0.1) is 5.82 Å². The van der Waals surface area contributed by atoms with E-state index >= 15 is 0 Å². The summed E-state index contributed by atoms with van der Waals surface area (Å²) >= 11 is 8.09. The normalized spacial score (nSPS) is 11.6. The number of thiazole rings is 1. The summed E-state index contributed by atoms with van der Waals surface area (Å²) in [4.78, 5) is 13.7. The number of aryl methyl sites for hydroxylation is 1. The van der Waals surface area contributed by atoms with Gasteiger partial charge in [-0.3, -0.25) is 0 Å². The van der Waals surface area contributed by atoms with Gasteiger partial charge in [0.05, 0.1) is 27.0 Å². The minimum absolute atomic E-state index is 0.141. The number of anilines is 2. The lowest BCUT2D eigenvalue weighted by Crippen LogP contribution is -2.23. The molecule has 0 spiro atoms. The molecule has 0 aliphatic rings. The topological polar surface area (TPSA) is 106 Å². The zero-order valence-corrected chi connectivity index (χ0v) is 25.2. The van der Waals surface area contributed by atoms with Crippen LogP contribution in [0.25, 0.3) is 22.2 Å². The third-order valence-corrected chi connectivity index (χ3v) is 8.50. The summed E-state index contributed by atoms with van der Waals surface area (Å²) in [5, 5.41) is 10.8. The predicted octanol–water partition coefficient (Wildman–Crippen LogP) is 6.44. The first kappa shape index (κ1) is 29.8. The molecule has 0 saturated heterocycles. The Hall–Kier alpha value is -3.64. The Kier molecular flexibility index (Phi) is 9.63.